The predicted molar refractivity (Wildman–Crippen MR) is 126 cm³/mol. The number of rotatable bonds is 4. The van der Waals surface area contributed by atoms with Crippen LogP contribution in [0.15, 0.2) is 36.5 Å². The molecule has 1 saturated heterocycles. The van der Waals surface area contributed by atoms with Gasteiger partial charge in [0.2, 0.25) is 5.91 Å². The lowest BCUT2D eigenvalue weighted by atomic mass is 9.85. The van der Waals surface area contributed by atoms with Gasteiger partial charge in [0.1, 0.15) is 0 Å². The Morgan fingerprint density at radius 2 is 1.71 bits per heavy atom. The van der Waals surface area contributed by atoms with E-state index in [4.69, 9.17) is 0 Å². The van der Waals surface area contributed by atoms with Crippen molar-refractivity contribution in [3.05, 3.63) is 36.5 Å². The monoisotopic (exact) mass is 424 g/mol. The topological polar surface area (TPSA) is 65.5 Å². The lowest BCUT2D eigenvalue weighted by molar-refractivity contribution is -0.123. The molecule has 0 bridgehead atoms. The molecule has 168 valence electrons. The Kier molecular flexibility index (Phi) is 6.05. The summed E-state index contributed by atoms with van der Waals surface area (Å²) in [7, 11) is 0. The molecule has 1 aromatic carbocycles. The summed E-state index contributed by atoms with van der Waals surface area (Å²) in [5, 5.41) is 4.11. The summed E-state index contributed by atoms with van der Waals surface area (Å²) in [5.74, 6) is -0.365. The number of nitrogens with zero attached hydrogens (tertiary/aromatic N) is 3. The van der Waals surface area contributed by atoms with Crippen molar-refractivity contribution in [3.8, 4) is 0 Å². The van der Waals surface area contributed by atoms with Crippen LogP contribution >= 0.6 is 0 Å². The number of amides is 3. The third kappa shape index (κ3) is 4.53. The van der Waals surface area contributed by atoms with Gasteiger partial charge >= 0.3 is 6.03 Å². The van der Waals surface area contributed by atoms with Gasteiger partial charge in [0, 0.05) is 29.2 Å². The lowest BCUT2D eigenvalue weighted by Gasteiger charge is -2.40. The van der Waals surface area contributed by atoms with Crippen LogP contribution in [0, 0.1) is 11.8 Å². The maximum Gasteiger partial charge on any atom is 0.321 e. The average Bonchev–Trinajstić information content (AvgIpc) is 2.99. The summed E-state index contributed by atoms with van der Waals surface area (Å²) in [4.78, 5) is 35.3. The lowest BCUT2D eigenvalue weighted by Crippen LogP contribution is -2.54. The summed E-state index contributed by atoms with van der Waals surface area (Å²) in [5.41, 5.74) is 0.767. The van der Waals surface area contributed by atoms with Gasteiger partial charge in [0.25, 0.3) is 0 Å². The number of hydrogen-bond donors (Lipinski definition) is 1. The Hall–Kier alpha value is -2.63. The quantitative estimate of drug-likeness (QED) is 0.738. The molecule has 1 aromatic heterocycles. The molecule has 1 aliphatic heterocycles. The molecule has 31 heavy (non-hydrogen) atoms. The number of pyridine rings is 1. The number of anilines is 1. The SMILES string of the molecule is CC(C)C(C(=O)Nc1cccc2cccnc12)C1CN(C(C)(C)C)C(=O)N1C(C)(C)C. The summed E-state index contributed by atoms with van der Waals surface area (Å²) < 4.78 is 0. The zero-order chi connectivity index (χ0) is 23.1. The zero-order valence-electron chi connectivity index (χ0n) is 20.1. The second-order valence-corrected chi connectivity index (χ2v) is 10.8. The number of nitrogens with one attached hydrogen (secondary N) is 1. The van der Waals surface area contributed by atoms with E-state index in [1.54, 1.807) is 6.20 Å². The molecule has 1 N–H and O–H groups in total. The van der Waals surface area contributed by atoms with E-state index < -0.39 is 5.54 Å². The maximum atomic E-state index is 13.6. The fourth-order valence-electron chi connectivity index (χ4n) is 4.58. The van der Waals surface area contributed by atoms with Crippen LogP contribution in [0.3, 0.4) is 0 Å². The van der Waals surface area contributed by atoms with Crippen molar-refractivity contribution in [1.82, 2.24) is 14.8 Å². The molecular formula is C25H36N4O2. The molecule has 1 fully saturated rings. The molecule has 0 spiro atoms. The molecule has 2 heterocycles. The molecule has 0 aliphatic carbocycles. The fourth-order valence-corrected chi connectivity index (χ4v) is 4.58. The van der Waals surface area contributed by atoms with Crippen LogP contribution in [0.2, 0.25) is 0 Å². The molecule has 2 unspecified atom stereocenters. The van der Waals surface area contributed by atoms with Crippen LogP contribution in [0.4, 0.5) is 10.5 Å². The van der Waals surface area contributed by atoms with E-state index in [1.165, 1.54) is 0 Å². The van der Waals surface area contributed by atoms with E-state index in [-0.39, 0.29) is 35.4 Å². The highest BCUT2D eigenvalue weighted by atomic mass is 16.2. The van der Waals surface area contributed by atoms with Gasteiger partial charge < -0.3 is 15.1 Å². The number of urea groups is 1. The first-order valence-corrected chi connectivity index (χ1v) is 11.1. The molecule has 0 saturated carbocycles. The van der Waals surface area contributed by atoms with Crippen LogP contribution < -0.4 is 5.32 Å². The molecule has 6 heteroatoms. The number of fused-ring (bicyclic) bond motifs is 1. The number of benzene rings is 1. The van der Waals surface area contributed by atoms with Crippen molar-refractivity contribution in [3.63, 3.8) is 0 Å². The van der Waals surface area contributed by atoms with Crippen molar-refractivity contribution < 1.29 is 9.59 Å². The maximum absolute atomic E-state index is 13.6. The Morgan fingerprint density at radius 1 is 1.06 bits per heavy atom. The largest absolute Gasteiger partial charge is 0.324 e. The van der Waals surface area contributed by atoms with Crippen molar-refractivity contribution in [1.29, 1.82) is 0 Å². The van der Waals surface area contributed by atoms with Gasteiger partial charge in [-0.05, 0) is 59.6 Å². The summed E-state index contributed by atoms with van der Waals surface area (Å²) in [6.07, 6.45) is 1.73. The van der Waals surface area contributed by atoms with Gasteiger partial charge in [-0.3, -0.25) is 9.78 Å². The number of aromatic nitrogens is 1. The van der Waals surface area contributed by atoms with E-state index in [0.717, 1.165) is 10.9 Å². The van der Waals surface area contributed by atoms with Gasteiger partial charge in [-0.25, -0.2) is 4.79 Å². The van der Waals surface area contributed by atoms with Crippen LogP contribution in [-0.2, 0) is 4.79 Å². The number of hydrogen-bond acceptors (Lipinski definition) is 3. The van der Waals surface area contributed by atoms with Crippen molar-refractivity contribution in [2.24, 2.45) is 11.8 Å². The van der Waals surface area contributed by atoms with Crippen molar-refractivity contribution in [2.75, 3.05) is 11.9 Å². The van der Waals surface area contributed by atoms with Gasteiger partial charge in [0.15, 0.2) is 0 Å². The molecular weight excluding hydrogens is 388 g/mol. The van der Waals surface area contributed by atoms with Crippen molar-refractivity contribution >= 4 is 28.5 Å². The Labute approximate surface area is 186 Å². The minimum atomic E-state index is -0.393. The smallest absolute Gasteiger partial charge is 0.321 e. The molecule has 6 nitrogen and oxygen atoms in total. The Bertz CT molecular complexity index is 966. The standard InChI is InChI=1S/C25H36N4O2/c1-16(2)20(19-15-28(24(3,4)5)23(31)29(19)25(6,7)8)22(30)27-18-13-9-11-17-12-10-14-26-21(17)18/h9-14,16,19-20H,15H2,1-8H3,(H,27,30). The van der Waals surface area contributed by atoms with Gasteiger partial charge in [-0.1, -0.05) is 32.0 Å². The average molecular weight is 425 g/mol. The van der Waals surface area contributed by atoms with E-state index >= 15 is 0 Å². The minimum absolute atomic E-state index is 0.00437. The number of carbonyl (C=O) groups excluding carboxylic acids is 2. The van der Waals surface area contributed by atoms with Crippen LogP contribution in [0.1, 0.15) is 55.4 Å². The molecule has 3 amide bonds. The van der Waals surface area contributed by atoms with E-state index in [1.807, 2.05) is 81.7 Å². The Balaban J connectivity index is 1.98. The fraction of sp³-hybridized carbons (Fsp3) is 0.560. The highest BCUT2D eigenvalue weighted by Gasteiger charge is 2.51. The van der Waals surface area contributed by atoms with Gasteiger partial charge in [0.05, 0.1) is 23.2 Å². The molecule has 0 radical (unpaired) electrons. The van der Waals surface area contributed by atoms with Gasteiger partial charge in [-0.15, -0.1) is 0 Å². The highest BCUT2D eigenvalue weighted by Crippen LogP contribution is 2.36. The first-order valence-electron chi connectivity index (χ1n) is 11.1. The van der Waals surface area contributed by atoms with E-state index in [9.17, 15) is 9.59 Å². The molecule has 2 aromatic rings. The molecule has 1 aliphatic rings. The second-order valence-electron chi connectivity index (χ2n) is 10.8. The highest BCUT2D eigenvalue weighted by molar-refractivity contribution is 6.01. The van der Waals surface area contributed by atoms with E-state index in [2.05, 4.69) is 24.1 Å². The first kappa shape index (κ1) is 23.0. The first-order chi connectivity index (χ1) is 14.3. The summed E-state index contributed by atoms with van der Waals surface area (Å²) in [6, 6.07) is 9.44. The minimum Gasteiger partial charge on any atom is -0.324 e. The predicted octanol–water partition coefficient (Wildman–Crippen LogP) is 5.15. The molecule has 2 atom stereocenters. The number of para-hydroxylation sites is 1. The summed E-state index contributed by atoms with van der Waals surface area (Å²) in [6.45, 7) is 16.9. The normalized spacial score (nSPS) is 18.7. The third-order valence-corrected chi connectivity index (χ3v) is 6.00. The number of carbonyl (C=O) groups is 2. The Morgan fingerprint density at radius 3 is 2.29 bits per heavy atom. The van der Waals surface area contributed by atoms with Crippen LogP contribution in [0.5, 0.6) is 0 Å². The van der Waals surface area contributed by atoms with E-state index in [0.29, 0.717) is 12.2 Å². The molecule has 3 rings (SSSR count). The van der Waals surface area contributed by atoms with Gasteiger partial charge in [-0.2, -0.15) is 0 Å². The van der Waals surface area contributed by atoms with Crippen LogP contribution in [-0.4, -0.2) is 50.4 Å². The third-order valence-electron chi connectivity index (χ3n) is 6.00. The summed E-state index contributed by atoms with van der Waals surface area (Å²) >= 11 is 0. The van der Waals surface area contributed by atoms with Crippen LogP contribution in [0.25, 0.3) is 10.9 Å². The zero-order valence-corrected chi connectivity index (χ0v) is 20.1. The second kappa shape index (κ2) is 8.13. The van der Waals surface area contributed by atoms with Crippen molar-refractivity contribution in [2.45, 2.75) is 72.5 Å².